The number of amides is 2. The van der Waals surface area contributed by atoms with Crippen LogP contribution in [0.25, 0.3) is 0 Å². The summed E-state index contributed by atoms with van der Waals surface area (Å²) in [4.78, 5) is 15.5. The molecule has 140 valence electrons. The first kappa shape index (κ1) is 19.0. The van der Waals surface area contributed by atoms with Crippen molar-refractivity contribution in [2.75, 3.05) is 36.4 Å². The number of aromatic nitrogens is 2. The van der Waals surface area contributed by atoms with Crippen LogP contribution in [0, 0.1) is 0 Å². The van der Waals surface area contributed by atoms with E-state index in [1.807, 2.05) is 0 Å². The van der Waals surface area contributed by atoms with Gasteiger partial charge in [-0.1, -0.05) is 40.6 Å². The fraction of sp³-hybridized carbons (Fsp3) is 0.357. The summed E-state index contributed by atoms with van der Waals surface area (Å²) in [7, 11) is 0. The van der Waals surface area contributed by atoms with Gasteiger partial charge in [0.15, 0.2) is 0 Å². The number of benzene rings is 1. The van der Waals surface area contributed by atoms with Crippen LogP contribution in [-0.4, -0.2) is 47.3 Å². The summed E-state index contributed by atoms with van der Waals surface area (Å²) in [5.41, 5.74) is 0.394. The van der Waals surface area contributed by atoms with Crippen LogP contribution in [0.3, 0.4) is 0 Å². The van der Waals surface area contributed by atoms with Gasteiger partial charge in [-0.15, -0.1) is 10.2 Å². The Morgan fingerprint density at radius 1 is 1.15 bits per heavy atom. The lowest BCUT2D eigenvalue weighted by molar-refractivity contribution is -0.138. The molecule has 0 bridgehead atoms. The molecule has 0 radical (unpaired) electrons. The molecule has 0 atom stereocenters. The number of carbonyl (C=O) groups is 1. The van der Waals surface area contributed by atoms with Crippen molar-refractivity contribution in [3.05, 3.63) is 33.3 Å². The lowest BCUT2D eigenvalue weighted by Gasteiger charge is -2.34. The summed E-state index contributed by atoms with van der Waals surface area (Å²) >= 11 is 12.4. The van der Waals surface area contributed by atoms with Crippen molar-refractivity contribution in [3.8, 4) is 0 Å². The SMILES string of the molecule is O=C(Nc1cccc(Cl)c1Cl)N1CCN(c2nnc(C(F)(F)F)s2)CC1. The molecule has 0 spiro atoms. The van der Waals surface area contributed by atoms with Gasteiger partial charge in [-0.05, 0) is 12.1 Å². The Labute approximate surface area is 160 Å². The largest absolute Gasteiger partial charge is 0.445 e. The van der Waals surface area contributed by atoms with Crippen molar-refractivity contribution in [3.63, 3.8) is 0 Å². The minimum Gasteiger partial charge on any atom is -0.343 e. The molecule has 1 aromatic carbocycles. The number of hydrogen-bond donors (Lipinski definition) is 1. The second kappa shape index (κ2) is 7.45. The van der Waals surface area contributed by atoms with E-state index in [0.29, 0.717) is 48.2 Å². The molecule has 1 aromatic heterocycles. The van der Waals surface area contributed by atoms with Crippen LogP contribution < -0.4 is 10.2 Å². The van der Waals surface area contributed by atoms with Crippen LogP contribution >= 0.6 is 34.5 Å². The molecule has 2 heterocycles. The fourth-order valence-corrected chi connectivity index (χ4v) is 3.46. The van der Waals surface area contributed by atoms with Crippen LogP contribution in [-0.2, 0) is 6.18 Å². The van der Waals surface area contributed by atoms with Crippen LogP contribution in [0.15, 0.2) is 18.2 Å². The highest BCUT2D eigenvalue weighted by Gasteiger charge is 2.36. The molecule has 6 nitrogen and oxygen atoms in total. The highest BCUT2D eigenvalue weighted by molar-refractivity contribution is 7.15. The zero-order valence-corrected chi connectivity index (χ0v) is 15.4. The molecular weight excluding hydrogens is 414 g/mol. The lowest BCUT2D eigenvalue weighted by Crippen LogP contribution is -2.50. The molecule has 0 saturated carbocycles. The van der Waals surface area contributed by atoms with Gasteiger partial charge in [0, 0.05) is 26.2 Å². The summed E-state index contributed by atoms with van der Waals surface area (Å²) in [5, 5.41) is 9.22. The summed E-state index contributed by atoms with van der Waals surface area (Å²) in [6.45, 7) is 1.35. The van der Waals surface area contributed by atoms with Crippen LogP contribution in [0.1, 0.15) is 5.01 Å². The molecular formula is C14H12Cl2F3N5OS. The minimum absolute atomic E-state index is 0.190. The molecule has 3 rings (SSSR count). The number of nitrogens with zero attached hydrogens (tertiary/aromatic N) is 4. The fourth-order valence-electron chi connectivity index (χ4n) is 2.35. The van der Waals surface area contributed by atoms with E-state index in [9.17, 15) is 18.0 Å². The Morgan fingerprint density at radius 3 is 2.46 bits per heavy atom. The summed E-state index contributed by atoms with van der Waals surface area (Å²) in [6.07, 6.45) is -4.51. The summed E-state index contributed by atoms with van der Waals surface area (Å²) < 4.78 is 37.8. The number of piperazine rings is 1. The summed E-state index contributed by atoms with van der Waals surface area (Å²) in [6, 6.07) is 4.54. The Bertz CT molecular complexity index is 808. The number of rotatable bonds is 2. The van der Waals surface area contributed by atoms with Gasteiger partial charge in [0.25, 0.3) is 0 Å². The first-order valence-electron chi connectivity index (χ1n) is 7.41. The van der Waals surface area contributed by atoms with E-state index in [-0.39, 0.29) is 16.2 Å². The maximum absolute atomic E-state index is 12.6. The van der Waals surface area contributed by atoms with Gasteiger partial charge in [0.2, 0.25) is 10.1 Å². The molecule has 0 unspecified atom stereocenters. The molecule has 2 amide bonds. The van der Waals surface area contributed by atoms with Crippen molar-refractivity contribution < 1.29 is 18.0 Å². The number of nitrogens with one attached hydrogen (secondary N) is 1. The Balaban J connectivity index is 1.59. The van der Waals surface area contributed by atoms with Crippen molar-refractivity contribution in [1.82, 2.24) is 15.1 Å². The third-order valence-electron chi connectivity index (χ3n) is 3.69. The Kier molecular flexibility index (Phi) is 5.44. The molecule has 26 heavy (non-hydrogen) atoms. The lowest BCUT2D eigenvalue weighted by atomic mass is 10.3. The van der Waals surface area contributed by atoms with E-state index in [1.165, 1.54) is 0 Å². The van der Waals surface area contributed by atoms with E-state index >= 15 is 0 Å². The van der Waals surface area contributed by atoms with E-state index in [1.54, 1.807) is 28.0 Å². The highest BCUT2D eigenvalue weighted by Crippen LogP contribution is 2.34. The predicted octanol–water partition coefficient (Wildman–Crippen LogP) is 4.22. The first-order chi connectivity index (χ1) is 12.3. The standard InChI is InChI=1S/C14H12Cl2F3N5OS/c15-8-2-1-3-9(10(8)16)20-12(25)23-4-6-24(7-5-23)13-22-21-11(26-13)14(17,18)19/h1-3H,4-7H2,(H,20,25). The third kappa shape index (κ3) is 4.13. The van der Waals surface area contributed by atoms with Gasteiger partial charge in [0.05, 0.1) is 15.7 Å². The average molecular weight is 426 g/mol. The molecule has 1 fully saturated rings. The molecule has 1 aliphatic heterocycles. The van der Waals surface area contributed by atoms with E-state index in [2.05, 4.69) is 15.5 Å². The molecule has 12 heteroatoms. The van der Waals surface area contributed by atoms with Gasteiger partial charge >= 0.3 is 12.2 Å². The highest BCUT2D eigenvalue weighted by atomic mass is 35.5. The number of alkyl halides is 3. The number of carbonyl (C=O) groups excluding carboxylic acids is 1. The topological polar surface area (TPSA) is 61.4 Å². The Hall–Kier alpha value is -1.78. The van der Waals surface area contributed by atoms with Crippen LogP contribution in [0.2, 0.25) is 10.0 Å². The number of urea groups is 1. The van der Waals surface area contributed by atoms with Crippen molar-refractivity contribution in [2.45, 2.75) is 6.18 Å². The first-order valence-corrected chi connectivity index (χ1v) is 8.98. The van der Waals surface area contributed by atoms with Crippen molar-refractivity contribution in [2.24, 2.45) is 0 Å². The second-order valence-corrected chi connectivity index (χ2v) is 7.13. The molecule has 2 aromatic rings. The van der Waals surface area contributed by atoms with Crippen LogP contribution in [0.4, 0.5) is 28.8 Å². The van der Waals surface area contributed by atoms with Gasteiger partial charge in [-0.3, -0.25) is 0 Å². The number of halogens is 5. The summed E-state index contributed by atoms with van der Waals surface area (Å²) in [5.74, 6) is 0. The monoisotopic (exact) mass is 425 g/mol. The molecule has 1 aliphatic rings. The van der Waals surface area contributed by atoms with E-state index in [0.717, 1.165) is 0 Å². The predicted molar refractivity (Wildman–Crippen MR) is 94.2 cm³/mol. The normalized spacial score (nSPS) is 15.3. The number of anilines is 2. The van der Waals surface area contributed by atoms with Gasteiger partial charge in [-0.2, -0.15) is 13.2 Å². The second-order valence-electron chi connectivity index (χ2n) is 5.39. The van der Waals surface area contributed by atoms with E-state index in [4.69, 9.17) is 23.2 Å². The quantitative estimate of drug-likeness (QED) is 0.782. The van der Waals surface area contributed by atoms with Gasteiger partial charge in [-0.25, -0.2) is 4.79 Å². The third-order valence-corrected chi connectivity index (χ3v) is 5.54. The maximum atomic E-state index is 12.6. The molecule has 1 saturated heterocycles. The zero-order valence-electron chi connectivity index (χ0n) is 13.1. The van der Waals surface area contributed by atoms with Crippen LogP contribution in [0.5, 0.6) is 0 Å². The van der Waals surface area contributed by atoms with E-state index < -0.39 is 11.2 Å². The Morgan fingerprint density at radius 2 is 1.85 bits per heavy atom. The molecule has 0 aliphatic carbocycles. The van der Waals surface area contributed by atoms with Gasteiger partial charge in [0.1, 0.15) is 0 Å². The van der Waals surface area contributed by atoms with Crippen molar-refractivity contribution in [1.29, 1.82) is 0 Å². The molecule has 1 N–H and O–H groups in total. The van der Waals surface area contributed by atoms with Crippen molar-refractivity contribution >= 4 is 51.4 Å². The van der Waals surface area contributed by atoms with Gasteiger partial charge < -0.3 is 15.1 Å². The minimum atomic E-state index is -4.51. The maximum Gasteiger partial charge on any atom is 0.445 e. The zero-order chi connectivity index (χ0) is 18.9. The number of hydrogen-bond acceptors (Lipinski definition) is 5. The average Bonchev–Trinajstić information content (AvgIpc) is 3.09. The smallest absolute Gasteiger partial charge is 0.343 e.